The van der Waals surface area contributed by atoms with Gasteiger partial charge >= 0.3 is 0 Å². The van der Waals surface area contributed by atoms with Crippen molar-refractivity contribution in [3.63, 3.8) is 0 Å². The molecule has 0 saturated carbocycles. The Morgan fingerprint density at radius 2 is 1.97 bits per heavy atom. The molecule has 2 aliphatic heterocycles. The molecular formula is C23H32N4O2. The number of anilines is 1. The highest BCUT2D eigenvalue weighted by Gasteiger charge is 2.23. The average molecular weight is 397 g/mol. The van der Waals surface area contributed by atoms with E-state index in [0.29, 0.717) is 0 Å². The van der Waals surface area contributed by atoms with Crippen molar-refractivity contribution in [1.29, 1.82) is 0 Å². The summed E-state index contributed by atoms with van der Waals surface area (Å²) >= 11 is 0. The first-order valence-corrected chi connectivity index (χ1v) is 10.7. The predicted molar refractivity (Wildman–Crippen MR) is 115 cm³/mol. The van der Waals surface area contributed by atoms with Gasteiger partial charge in [-0.15, -0.1) is 0 Å². The third-order valence-electron chi connectivity index (χ3n) is 5.47. The number of benzene rings is 1. The first-order chi connectivity index (χ1) is 14.2. The third-order valence-corrected chi connectivity index (χ3v) is 5.47. The summed E-state index contributed by atoms with van der Waals surface area (Å²) in [5.41, 5.74) is 2.50. The summed E-state index contributed by atoms with van der Waals surface area (Å²) in [5, 5.41) is 3.66. The van der Waals surface area contributed by atoms with Crippen LogP contribution in [-0.4, -0.2) is 61.9 Å². The summed E-state index contributed by atoms with van der Waals surface area (Å²) in [6.07, 6.45) is 2.20. The molecule has 0 radical (unpaired) electrons. The van der Waals surface area contributed by atoms with Crippen LogP contribution in [0.4, 0.5) is 5.82 Å². The number of para-hydroxylation sites is 1. The Morgan fingerprint density at radius 1 is 1.14 bits per heavy atom. The Labute approximate surface area is 173 Å². The van der Waals surface area contributed by atoms with Gasteiger partial charge in [-0.2, -0.15) is 0 Å². The van der Waals surface area contributed by atoms with E-state index in [-0.39, 0.29) is 12.1 Å². The van der Waals surface area contributed by atoms with Crippen molar-refractivity contribution in [3.8, 4) is 5.75 Å². The topological polar surface area (TPSA) is 49.9 Å². The van der Waals surface area contributed by atoms with Crippen molar-refractivity contribution in [1.82, 2.24) is 15.2 Å². The summed E-state index contributed by atoms with van der Waals surface area (Å²) in [4.78, 5) is 9.49. The Bertz CT molecular complexity index is 775. The van der Waals surface area contributed by atoms with Gasteiger partial charge < -0.3 is 19.7 Å². The predicted octanol–water partition coefficient (Wildman–Crippen LogP) is 2.85. The van der Waals surface area contributed by atoms with Gasteiger partial charge in [-0.05, 0) is 31.5 Å². The SMILES string of the molecule is CC(C)Oc1ccccc1[C@H]1CN(Cc2ccc(N3CCOCC3)nc2)CCN1. The van der Waals surface area contributed by atoms with E-state index in [1.807, 2.05) is 12.3 Å². The normalized spacial score (nSPS) is 20.8. The number of aromatic nitrogens is 1. The Morgan fingerprint density at radius 3 is 2.72 bits per heavy atom. The van der Waals surface area contributed by atoms with Crippen molar-refractivity contribution in [3.05, 3.63) is 53.7 Å². The van der Waals surface area contributed by atoms with E-state index in [1.54, 1.807) is 0 Å². The number of pyridine rings is 1. The summed E-state index contributed by atoms with van der Waals surface area (Å²) < 4.78 is 11.5. The van der Waals surface area contributed by atoms with Crippen molar-refractivity contribution in [2.45, 2.75) is 32.5 Å². The summed E-state index contributed by atoms with van der Waals surface area (Å²) in [6, 6.07) is 13.0. The number of ether oxygens (including phenoxy) is 2. The minimum atomic E-state index is 0.173. The van der Waals surface area contributed by atoms with Crippen LogP contribution in [-0.2, 0) is 11.3 Å². The largest absolute Gasteiger partial charge is 0.491 e. The molecule has 1 aromatic carbocycles. The molecule has 3 heterocycles. The van der Waals surface area contributed by atoms with Crippen LogP contribution in [0.2, 0.25) is 0 Å². The number of morpholine rings is 1. The smallest absolute Gasteiger partial charge is 0.128 e. The molecule has 0 spiro atoms. The van der Waals surface area contributed by atoms with Crippen molar-refractivity contribution in [2.75, 3.05) is 50.8 Å². The van der Waals surface area contributed by atoms with Crippen molar-refractivity contribution < 1.29 is 9.47 Å². The van der Waals surface area contributed by atoms with Crippen molar-refractivity contribution in [2.24, 2.45) is 0 Å². The van der Waals surface area contributed by atoms with Crippen LogP contribution >= 0.6 is 0 Å². The zero-order chi connectivity index (χ0) is 20.1. The number of nitrogens with zero attached hydrogens (tertiary/aromatic N) is 3. The Balaban J connectivity index is 1.39. The molecule has 0 aliphatic carbocycles. The molecule has 156 valence electrons. The highest BCUT2D eigenvalue weighted by atomic mass is 16.5. The third kappa shape index (κ3) is 5.26. The highest BCUT2D eigenvalue weighted by Crippen LogP contribution is 2.28. The van der Waals surface area contributed by atoms with E-state index >= 15 is 0 Å². The van der Waals surface area contributed by atoms with E-state index in [4.69, 9.17) is 14.5 Å². The fourth-order valence-electron chi connectivity index (χ4n) is 4.04. The maximum absolute atomic E-state index is 6.04. The van der Waals surface area contributed by atoms with Crippen LogP contribution in [0.15, 0.2) is 42.6 Å². The van der Waals surface area contributed by atoms with Crippen LogP contribution < -0.4 is 15.0 Å². The first kappa shape index (κ1) is 20.1. The Kier molecular flexibility index (Phi) is 6.64. The van der Waals surface area contributed by atoms with Gasteiger partial charge in [0.2, 0.25) is 0 Å². The maximum Gasteiger partial charge on any atom is 0.128 e. The van der Waals surface area contributed by atoms with E-state index in [2.05, 4.69) is 59.3 Å². The van der Waals surface area contributed by atoms with Crippen LogP contribution in [0.3, 0.4) is 0 Å². The summed E-state index contributed by atoms with van der Waals surface area (Å²) in [5.74, 6) is 2.04. The number of hydrogen-bond donors (Lipinski definition) is 1. The number of hydrogen-bond acceptors (Lipinski definition) is 6. The van der Waals surface area contributed by atoms with Gasteiger partial charge in [-0.3, -0.25) is 4.90 Å². The average Bonchev–Trinajstić information content (AvgIpc) is 2.75. The molecule has 29 heavy (non-hydrogen) atoms. The lowest BCUT2D eigenvalue weighted by atomic mass is 10.0. The molecule has 1 N–H and O–H groups in total. The lowest BCUT2D eigenvalue weighted by molar-refractivity contribution is 0.122. The van der Waals surface area contributed by atoms with Gasteiger partial charge in [0.05, 0.1) is 19.3 Å². The fraction of sp³-hybridized carbons (Fsp3) is 0.522. The van der Waals surface area contributed by atoms with Gasteiger partial charge in [0.15, 0.2) is 0 Å². The van der Waals surface area contributed by atoms with E-state index < -0.39 is 0 Å². The molecule has 0 amide bonds. The molecule has 2 saturated heterocycles. The quantitative estimate of drug-likeness (QED) is 0.810. The second-order valence-corrected chi connectivity index (χ2v) is 8.07. The molecule has 4 rings (SSSR count). The van der Waals surface area contributed by atoms with Crippen LogP contribution in [0, 0.1) is 0 Å². The summed E-state index contributed by atoms with van der Waals surface area (Å²) in [7, 11) is 0. The van der Waals surface area contributed by atoms with Gasteiger partial charge in [-0.25, -0.2) is 4.98 Å². The first-order valence-electron chi connectivity index (χ1n) is 10.7. The molecular weight excluding hydrogens is 364 g/mol. The van der Waals surface area contributed by atoms with Gasteiger partial charge in [-0.1, -0.05) is 24.3 Å². The minimum absolute atomic E-state index is 0.173. The molecule has 6 heteroatoms. The molecule has 1 atom stereocenters. The molecule has 1 aromatic heterocycles. The number of rotatable bonds is 6. The van der Waals surface area contributed by atoms with Crippen LogP contribution in [0.25, 0.3) is 0 Å². The zero-order valence-electron chi connectivity index (χ0n) is 17.5. The number of piperazine rings is 1. The van der Waals surface area contributed by atoms with Gasteiger partial charge in [0.25, 0.3) is 0 Å². The highest BCUT2D eigenvalue weighted by molar-refractivity contribution is 5.40. The lowest BCUT2D eigenvalue weighted by Crippen LogP contribution is -2.45. The monoisotopic (exact) mass is 396 g/mol. The van der Waals surface area contributed by atoms with Crippen molar-refractivity contribution >= 4 is 5.82 Å². The molecule has 2 aliphatic rings. The molecule has 0 bridgehead atoms. The second-order valence-electron chi connectivity index (χ2n) is 8.07. The van der Waals surface area contributed by atoms with Crippen LogP contribution in [0.5, 0.6) is 5.75 Å². The fourth-order valence-corrected chi connectivity index (χ4v) is 4.04. The van der Waals surface area contributed by atoms with E-state index in [0.717, 1.165) is 64.0 Å². The Hall–Kier alpha value is -2.15. The van der Waals surface area contributed by atoms with E-state index in [9.17, 15) is 0 Å². The lowest BCUT2D eigenvalue weighted by Gasteiger charge is -2.35. The molecule has 0 unspecified atom stereocenters. The number of nitrogens with one attached hydrogen (secondary N) is 1. The molecule has 2 fully saturated rings. The second kappa shape index (κ2) is 9.57. The molecule has 6 nitrogen and oxygen atoms in total. The summed E-state index contributed by atoms with van der Waals surface area (Å²) in [6.45, 7) is 11.4. The van der Waals surface area contributed by atoms with Crippen LogP contribution in [0.1, 0.15) is 31.0 Å². The molecule has 2 aromatic rings. The maximum atomic E-state index is 6.04. The minimum Gasteiger partial charge on any atom is -0.491 e. The van der Waals surface area contributed by atoms with E-state index in [1.165, 1.54) is 11.1 Å². The standard InChI is InChI=1S/C23H32N4O2/c1-18(2)29-22-6-4-3-5-20(22)21-17-26(10-9-24-21)16-19-7-8-23(25-15-19)27-11-13-28-14-12-27/h3-8,15,18,21,24H,9-14,16-17H2,1-2H3/t21-/m1/s1. The zero-order valence-corrected chi connectivity index (χ0v) is 17.5. The van der Waals surface area contributed by atoms with Gasteiger partial charge in [0.1, 0.15) is 11.6 Å². The van der Waals surface area contributed by atoms with Gasteiger partial charge in [0, 0.05) is 57.1 Å².